The van der Waals surface area contributed by atoms with Crippen LogP contribution in [-0.2, 0) is 16.1 Å². The Kier molecular flexibility index (Phi) is 6.10. The Morgan fingerprint density at radius 3 is 2.94 bits per heavy atom. The molecule has 0 saturated carbocycles. The van der Waals surface area contributed by atoms with Crippen molar-refractivity contribution in [2.75, 3.05) is 26.9 Å². The van der Waals surface area contributed by atoms with Crippen LogP contribution in [0.2, 0.25) is 0 Å². The molecular weight excluding hydrogens is 239 g/mol. The van der Waals surface area contributed by atoms with Gasteiger partial charge in [0.2, 0.25) is 0 Å². The van der Waals surface area contributed by atoms with Crippen LogP contribution in [0, 0.1) is 5.82 Å². The minimum atomic E-state index is -0.642. The smallest absolute Gasteiger partial charge is 0.255 e. The second kappa shape index (κ2) is 7.62. The van der Waals surface area contributed by atoms with Gasteiger partial charge >= 0.3 is 0 Å². The molecule has 0 aliphatic carbocycles. The van der Waals surface area contributed by atoms with Crippen molar-refractivity contribution in [3.63, 3.8) is 0 Å². The van der Waals surface area contributed by atoms with Crippen molar-refractivity contribution in [1.29, 1.82) is 0 Å². The summed E-state index contributed by atoms with van der Waals surface area (Å²) in [4.78, 5) is 10.6. The van der Waals surface area contributed by atoms with Gasteiger partial charge in [-0.2, -0.15) is 0 Å². The van der Waals surface area contributed by atoms with Crippen LogP contribution in [0.25, 0.3) is 0 Å². The first-order chi connectivity index (χ1) is 8.65. The first-order valence-electron chi connectivity index (χ1n) is 5.53. The second-order valence-electron chi connectivity index (χ2n) is 3.65. The number of hydrogen-bond acceptors (Lipinski definition) is 4. The molecule has 0 spiro atoms. The van der Waals surface area contributed by atoms with Gasteiger partial charge in [0.25, 0.3) is 5.91 Å². The van der Waals surface area contributed by atoms with Crippen LogP contribution in [0.4, 0.5) is 4.39 Å². The van der Waals surface area contributed by atoms with Crippen molar-refractivity contribution in [1.82, 2.24) is 5.32 Å². The van der Waals surface area contributed by atoms with Gasteiger partial charge < -0.3 is 20.5 Å². The molecule has 1 amide bonds. The molecule has 0 heterocycles. The van der Waals surface area contributed by atoms with E-state index in [9.17, 15) is 9.18 Å². The van der Waals surface area contributed by atoms with Crippen molar-refractivity contribution in [2.45, 2.75) is 6.54 Å². The van der Waals surface area contributed by atoms with E-state index in [1.165, 1.54) is 6.07 Å². The fourth-order valence-electron chi connectivity index (χ4n) is 1.39. The van der Waals surface area contributed by atoms with Crippen LogP contribution in [0.15, 0.2) is 18.2 Å². The number of carbonyl (C=O) groups is 1. The molecular formula is C12H17FN2O3. The third-order valence-corrected chi connectivity index (χ3v) is 2.21. The van der Waals surface area contributed by atoms with E-state index in [4.69, 9.17) is 15.2 Å². The van der Waals surface area contributed by atoms with E-state index in [1.807, 2.05) is 0 Å². The highest BCUT2D eigenvalue weighted by molar-refractivity contribution is 5.75. The lowest BCUT2D eigenvalue weighted by atomic mass is 10.2. The maximum atomic E-state index is 13.5. The molecule has 1 rings (SSSR count). The maximum absolute atomic E-state index is 13.5. The van der Waals surface area contributed by atoms with Gasteiger partial charge in [-0.15, -0.1) is 0 Å². The number of rotatable bonds is 8. The SMILES string of the molecule is COCCNCc1cccc(F)c1OCC(N)=O. The molecule has 0 atom stereocenters. The largest absolute Gasteiger partial charge is 0.480 e. The summed E-state index contributed by atoms with van der Waals surface area (Å²) in [6.07, 6.45) is 0. The van der Waals surface area contributed by atoms with E-state index in [0.29, 0.717) is 25.3 Å². The number of para-hydroxylation sites is 1. The topological polar surface area (TPSA) is 73.6 Å². The molecule has 0 aromatic heterocycles. The van der Waals surface area contributed by atoms with Crippen LogP contribution in [-0.4, -0.2) is 32.8 Å². The monoisotopic (exact) mass is 256 g/mol. The van der Waals surface area contributed by atoms with Gasteiger partial charge in [-0.3, -0.25) is 4.79 Å². The summed E-state index contributed by atoms with van der Waals surface area (Å²) < 4.78 is 23.5. The third kappa shape index (κ3) is 4.68. The summed E-state index contributed by atoms with van der Waals surface area (Å²) in [5.41, 5.74) is 5.59. The van der Waals surface area contributed by atoms with Crippen LogP contribution in [0.3, 0.4) is 0 Å². The summed E-state index contributed by atoms with van der Waals surface area (Å²) in [7, 11) is 1.60. The van der Waals surface area contributed by atoms with E-state index in [2.05, 4.69) is 5.32 Å². The van der Waals surface area contributed by atoms with Crippen LogP contribution in [0.5, 0.6) is 5.75 Å². The van der Waals surface area contributed by atoms with Gasteiger partial charge in [0.05, 0.1) is 6.61 Å². The summed E-state index contributed by atoms with van der Waals surface area (Å²) >= 11 is 0. The van der Waals surface area contributed by atoms with Gasteiger partial charge in [-0.1, -0.05) is 12.1 Å². The first kappa shape index (κ1) is 14.4. The number of hydrogen-bond donors (Lipinski definition) is 2. The molecule has 0 fully saturated rings. The Morgan fingerprint density at radius 1 is 1.50 bits per heavy atom. The third-order valence-electron chi connectivity index (χ3n) is 2.21. The Morgan fingerprint density at radius 2 is 2.28 bits per heavy atom. The van der Waals surface area contributed by atoms with E-state index < -0.39 is 11.7 Å². The van der Waals surface area contributed by atoms with Crippen molar-refractivity contribution in [2.24, 2.45) is 5.73 Å². The lowest BCUT2D eigenvalue weighted by Gasteiger charge is -2.11. The fraction of sp³-hybridized carbons (Fsp3) is 0.417. The zero-order valence-electron chi connectivity index (χ0n) is 10.2. The summed E-state index contributed by atoms with van der Waals surface area (Å²) in [5, 5.41) is 3.07. The summed E-state index contributed by atoms with van der Waals surface area (Å²) in [5.74, 6) is -1.10. The number of nitrogens with one attached hydrogen (secondary N) is 1. The first-order valence-corrected chi connectivity index (χ1v) is 5.53. The maximum Gasteiger partial charge on any atom is 0.255 e. The number of carbonyl (C=O) groups excluding carboxylic acids is 1. The molecule has 1 aromatic carbocycles. The minimum Gasteiger partial charge on any atom is -0.480 e. The molecule has 3 N–H and O–H groups in total. The Labute approximate surface area is 105 Å². The standard InChI is InChI=1S/C12H17FN2O3/c1-17-6-5-15-7-9-3-2-4-10(13)12(9)18-8-11(14)16/h2-4,15H,5-8H2,1H3,(H2,14,16). The van der Waals surface area contributed by atoms with Crippen molar-refractivity contribution >= 4 is 5.91 Å². The molecule has 0 radical (unpaired) electrons. The lowest BCUT2D eigenvalue weighted by Crippen LogP contribution is -2.22. The van der Waals surface area contributed by atoms with Crippen molar-refractivity contribution in [3.05, 3.63) is 29.6 Å². The molecule has 18 heavy (non-hydrogen) atoms. The molecule has 1 aromatic rings. The number of halogens is 1. The van der Waals surface area contributed by atoms with E-state index >= 15 is 0 Å². The molecule has 0 saturated heterocycles. The number of nitrogens with two attached hydrogens (primary N) is 1. The summed E-state index contributed by atoms with van der Waals surface area (Å²) in [6, 6.07) is 4.58. The normalized spacial score (nSPS) is 10.3. The number of amides is 1. The Balaban J connectivity index is 2.64. The van der Waals surface area contributed by atoms with Gasteiger partial charge in [0.15, 0.2) is 18.2 Å². The van der Waals surface area contributed by atoms with Gasteiger partial charge in [0.1, 0.15) is 0 Å². The number of benzene rings is 1. The van der Waals surface area contributed by atoms with E-state index in [-0.39, 0.29) is 12.4 Å². The average molecular weight is 256 g/mol. The lowest BCUT2D eigenvalue weighted by molar-refractivity contribution is -0.120. The van der Waals surface area contributed by atoms with Gasteiger partial charge in [0, 0.05) is 25.8 Å². The second-order valence-corrected chi connectivity index (χ2v) is 3.65. The van der Waals surface area contributed by atoms with Crippen LogP contribution >= 0.6 is 0 Å². The number of ether oxygens (including phenoxy) is 2. The van der Waals surface area contributed by atoms with Crippen molar-refractivity contribution in [3.8, 4) is 5.75 Å². The van der Waals surface area contributed by atoms with Gasteiger partial charge in [-0.05, 0) is 6.07 Å². The predicted molar refractivity (Wildman–Crippen MR) is 64.7 cm³/mol. The van der Waals surface area contributed by atoms with Crippen LogP contribution in [0.1, 0.15) is 5.56 Å². The highest BCUT2D eigenvalue weighted by Gasteiger charge is 2.10. The molecule has 0 aliphatic heterocycles. The molecule has 0 aliphatic rings. The Bertz CT molecular complexity index is 399. The molecule has 0 bridgehead atoms. The Hall–Kier alpha value is -1.66. The van der Waals surface area contributed by atoms with E-state index in [0.717, 1.165) is 0 Å². The molecule has 5 nitrogen and oxygen atoms in total. The van der Waals surface area contributed by atoms with Gasteiger partial charge in [-0.25, -0.2) is 4.39 Å². The van der Waals surface area contributed by atoms with Crippen molar-refractivity contribution < 1.29 is 18.7 Å². The number of methoxy groups -OCH3 is 1. The highest BCUT2D eigenvalue weighted by Crippen LogP contribution is 2.22. The molecule has 6 heteroatoms. The number of primary amides is 1. The van der Waals surface area contributed by atoms with E-state index in [1.54, 1.807) is 19.2 Å². The fourth-order valence-corrected chi connectivity index (χ4v) is 1.39. The minimum absolute atomic E-state index is 0.0567. The summed E-state index contributed by atoms with van der Waals surface area (Å²) in [6.45, 7) is 1.29. The van der Waals surface area contributed by atoms with Crippen LogP contribution < -0.4 is 15.8 Å². The quantitative estimate of drug-likeness (QED) is 0.661. The predicted octanol–water partition coefficient (Wildman–Crippen LogP) is 0.426. The molecule has 0 unspecified atom stereocenters. The highest BCUT2D eigenvalue weighted by atomic mass is 19.1. The molecule has 100 valence electrons. The zero-order valence-corrected chi connectivity index (χ0v) is 10.2. The zero-order chi connectivity index (χ0) is 13.4. The average Bonchev–Trinajstić information content (AvgIpc) is 2.33.